The second-order valence-corrected chi connectivity index (χ2v) is 8.10. The molecule has 0 aliphatic carbocycles. The summed E-state index contributed by atoms with van der Waals surface area (Å²) in [5.41, 5.74) is 4.19. The van der Waals surface area contributed by atoms with Gasteiger partial charge in [-0.2, -0.15) is 14.7 Å². The number of amides is 1. The Bertz CT molecular complexity index is 1240. The van der Waals surface area contributed by atoms with E-state index in [0.717, 1.165) is 65.9 Å². The molecule has 9 heteroatoms. The van der Waals surface area contributed by atoms with Crippen molar-refractivity contribution in [2.75, 3.05) is 23.3 Å². The minimum Gasteiger partial charge on any atom is -0.355 e. The number of benzene rings is 1. The van der Waals surface area contributed by atoms with Gasteiger partial charge in [-0.1, -0.05) is 12.1 Å². The molecule has 1 aromatic carbocycles. The van der Waals surface area contributed by atoms with Gasteiger partial charge in [0.05, 0.1) is 11.4 Å². The number of carbonyl (C=O) groups is 1. The fraction of sp³-hybridized carbons (Fsp3) is 0.304. The third-order valence-electron chi connectivity index (χ3n) is 5.84. The molecule has 3 aromatic heterocycles. The van der Waals surface area contributed by atoms with Gasteiger partial charge in [0.1, 0.15) is 0 Å². The summed E-state index contributed by atoms with van der Waals surface area (Å²) in [6.45, 7) is 5.39. The number of rotatable bonds is 4. The van der Waals surface area contributed by atoms with E-state index in [2.05, 4.69) is 35.7 Å². The molecule has 0 unspecified atom stereocenters. The lowest BCUT2D eigenvalue weighted by Gasteiger charge is -2.31. The largest absolute Gasteiger partial charge is 0.355 e. The number of fused-ring (bicyclic) bond motifs is 1. The maximum absolute atomic E-state index is 12.8. The van der Waals surface area contributed by atoms with Gasteiger partial charge in [0.15, 0.2) is 17.3 Å². The molecule has 0 saturated carbocycles. The average molecular weight is 429 g/mol. The fourth-order valence-electron chi connectivity index (χ4n) is 3.95. The van der Waals surface area contributed by atoms with Crippen LogP contribution < -0.4 is 10.2 Å². The Kier molecular flexibility index (Phi) is 5.22. The molecule has 0 radical (unpaired) electrons. The second kappa shape index (κ2) is 8.33. The van der Waals surface area contributed by atoms with E-state index in [1.165, 1.54) is 0 Å². The van der Waals surface area contributed by atoms with Crippen molar-refractivity contribution >= 4 is 23.1 Å². The average Bonchev–Trinajstić information content (AvgIpc) is 3.20. The maximum atomic E-state index is 12.8. The first-order valence-corrected chi connectivity index (χ1v) is 10.7. The minimum atomic E-state index is -0.00914. The zero-order valence-corrected chi connectivity index (χ0v) is 18.1. The number of nitrogens with one attached hydrogen (secondary N) is 1. The first-order valence-electron chi connectivity index (χ1n) is 10.7. The molecular weight excluding hydrogens is 404 g/mol. The van der Waals surface area contributed by atoms with E-state index >= 15 is 0 Å². The zero-order valence-electron chi connectivity index (χ0n) is 18.1. The van der Waals surface area contributed by atoms with E-state index in [1.54, 1.807) is 4.52 Å². The van der Waals surface area contributed by atoms with Crippen molar-refractivity contribution in [1.82, 2.24) is 30.0 Å². The molecule has 5 rings (SSSR count). The number of hydrogen-bond acceptors (Lipinski definition) is 7. The number of piperidine rings is 1. The van der Waals surface area contributed by atoms with Gasteiger partial charge >= 0.3 is 0 Å². The van der Waals surface area contributed by atoms with Gasteiger partial charge in [-0.3, -0.25) is 4.79 Å². The van der Waals surface area contributed by atoms with Gasteiger partial charge in [-0.15, -0.1) is 15.3 Å². The van der Waals surface area contributed by atoms with Crippen molar-refractivity contribution in [2.45, 2.75) is 26.7 Å². The summed E-state index contributed by atoms with van der Waals surface area (Å²) < 4.78 is 1.72. The summed E-state index contributed by atoms with van der Waals surface area (Å²) in [6.07, 6.45) is 1.59. The molecule has 4 aromatic rings. The number of hydrogen-bond donors (Lipinski definition) is 1. The molecule has 1 amide bonds. The number of aromatic nitrogens is 6. The Morgan fingerprint density at radius 1 is 0.906 bits per heavy atom. The predicted octanol–water partition coefficient (Wildman–Crippen LogP) is 3.05. The second-order valence-electron chi connectivity index (χ2n) is 8.10. The zero-order chi connectivity index (χ0) is 22.1. The first kappa shape index (κ1) is 20.0. The van der Waals surface area contributed by atoms with E-state index < -0.39 is 0 Å². The molecule has 32 heavy (non-hydrogen) atoms. The summed E-state index contributed by atoms with van der Waals surface area (Å²) in [4.78, 5) is 15.0. The molecule has 0 bridgehead atoms. The molecule has 0 spiro atoms. The van der Waals surface area contributed by atoms with Crippen molar-refractivity contribution in [2.24, 2.45) is 5.92 Å². The SMILES string of the molecule is Cc1ccc(N2CCC(C(=O)Nc3ccc(-c4ccc5nnc(C)n5n4)cc3)CC2)nn1. The fourth-order valence-corrected chi connectivity index (χ4v) is 3.95. The topological polar surface area (TPSA) is 101 Å². The van der Waals surface area contributed by atoms with Gasteiger partial charge < -0.3 is 10.2 Å². The smallest absolute Gasteiger partial charge is 0.227 e. The van der Waals surface area contributed by atoms with Crippen LogP contribution in [0.2, 0.25) is 0 Å². The van der Waals surface area contributed by atoms with E-state index in [1.807, 2.05) is 62.4 Å². The van der Waals surface area contributed by atoms with E-state index in [4.69, 9.17) is 0 Å². The minimum absolute atomic E-state index is 0.00914. The highest BCUT2D eigenvalue weighted by Crippen LogP contribution is 2.24. The Labute approximate surface area is 185 Å². The van der Waals surface area contributed by atoms with Crippen LogP contribution in [0.5, 0.6) is 0 Å². The van der Waals surface area contributed by atoms with Crippen molar-refractivity contribution < 1.29 is 4.79 Å². The summed E-state index contributed by atoms with van der Waals surface area (Å²) in [5.74, 6) is 1.67. The van der Waals surface area contributed by atoms with Crippen molar-refractivity contribution in [3.8, 4) is 11.3 Å². The van der Waals surface area contributed by atoms with E-state index in [0.29, 0.717) is 0 Å². The van der Waals surface area contributed by atoms with E-state index in [-0.39, 0.29) is 11.8 Å². The normalized spacial score (nSPS) is 14.6. The Hall–Kier alpha value is -3.88. The highest BCUT2D eigenvalue weighted by atomic mass is 16.1. The third kappa shape index (κ3) is 4.01. The van der Waals surface area contributed by atoms with Gasteiger partial charge in [-0.05, 0) is 63.1 Å². The predicted molar refractivity (Wildman–Crippen MR) is 121 cm³/mol. The van der Waals surface area contributed by atoms with Gasteiger partial charge in [-0.25, -0.2) is 0 Å². The van der Waals surface area contributed by atoms with E-state index in [9.17, 15) is 4.79 Å². The molecule has 1 aliphatic rings. The number of anilines is 2. The van der Waals surface area contributed by atoms with Crippen LogP contribution in [0.3, 0.4) is 0 Å². The summed E-state index contributed by atoms with van der Waals surface area (Å²) in [6, 6.07) is 15.5. The van der Waals surface area contributed by atoms with Gasteiger partial charge in [0.2, 0.25) is 5.91 Å². The lowest BCUT2D eigenvalue weighted by atomic mass is 9.95. The van der Waals surface area contributed by atoms with Crippen LogP contribution in [0.1, 0.15) is 24.4 Å². The first-order chi connectivity index (χ1) is 15.6. The van der Waals surface area contributed by atoms with Crippen molar-refractivity contribution in [3.63, 3.8) is 0 Å². The maximum Gasteiger partial charge on any atom is 0.227 e. The highest BCUT2D eigenvalue weighted by molar-refractivity contribution is 5.93. The molecular formula is C23H24N8O. The summed E-state index contributed by atoms with van der Waals surface area (Å²) in [7, 11) is 0. The molecule has 4 heterocycles. The molecule has 1 aliphatic heterocycles. The van der Waals surface area contributed by atoms with Crippen molar-refractivity contribution in [1.29, 1.82) is 0 Å². The lowest BCUT2D eigenvalue weighted by molar-refractivity contribution is -0.120. The van der Waals surface area contributed by atoms with Crippen LogP contribution in [-0.2, 0) is 4.79 Å². The molecule has 1 N–H and O–H groups in total. The van der Waals surface area contributed by atoms with Crippen LogP contribution in [0.15, 0.2) is 48.5 Å². The van der Waals surface area contributed by atoms with Gasteiger partial charge in [0.25, 0.3) is 0 Å². The van der Waals surface area contributed by atoms with Crippen LogP contribution >= 0.6 is 0 Å². The lowest BCUT2D eigenvalue weighted by Crippen LogP contribution is -2.38. The van der Waals surface area contributed by atoms with Crippen LogP contribution in [-0.4, -0.2) is 49.0 Å². The number of carbonyl (C=O) groups excluding carboxylic acids is 1. The molecule has 0 atom stereocenters. The number of nitrogens with zero attached hydrogens (tertiary/aromatic N) is 7. The Balaban J connectivity index is 1.20. The standard InChI is InChI=1S/C23H24N8O/c1-15-3-9-21(27-25-15)30-13-11-18(12-14-30)23(32)24-19-6-4-17(5-7-19)20-8-10-22-28-26-16(2)31(22)29-20/h3-10,18H,11-14H2,1-2H3,(H,24,32). The Morgan fingerprint density at radius 2 is 1.69 bits per heavy atom. The van der Waals surface area contributed by atoms with Crippen LogP contribution in [0.4, 0.5) is 11.5 Å². The third-order valence-corrected chi connectivity index (χ3v) is 5.84. The van der Waals surface area contributed by atoms with Gasteiger partial charge in [0, 0.05) is 30.3 Å². The molecule has 162 valence electrons. The monoisotopic (exact) mass is 428 g/mol. The van der Waals surface area contributed by atoms with Crippen LogP contribution in [0.25, 0.3) is 16.9 Å². The summed E-state index contributed by atoms with van der Waals surface area (Å²) >= 11 is 0. The highest BCUT2D eigenvalue weighted by Gasteiger charge is 2.25. The molecule has 1 fully saturated rings. The Morgan fingerprint density at radius 3 is 2.41 bits per heavy atom. The molecule has 1 saturated heterocycles. The summed E-state index contributed by atoms with van der Waals surface area (Å²) in [5, 5.41) is 24.1. The van der Waals surface area contributed by atoms with Crippen LogP contribution in [0, 0.1) is 19.8 Å². The quantitative estimate of drug-likeness (QED) is 0.533. The molecule has 9 nitrogen and oxygen atoms in total. The van der Waals surface area contributed by atoms with Crippen molar-refractivity contribution in [3.05, 3.63) is 60.0 Å². The number of aryl methyl sites for hydroxylation is 2.